The predicted octanol–water partition coefficient (Wildman–Crippen LogP) is 3.70. The summed E-state index contributed by atoms with van der Waals surface area (Å²) < 4.78 is 43.0. The molecule has 120 valence electrons. The zero-order valence-electron chi connectivity index (χ0n) is 11.6. The van der Waals surface area contributed by atoms with Crippen molar-refractivity contribution in [3.8, 4) is 0 Å². The first kappa shape index (κ1) is 16.9. The van der Waals surface area contributed by atoms with Crippen molar-refractivity contribution in [2.75, 3.05) is 6.54 Å². The standard InChI is InChI=1S/C15H16F3NO2S/c16-13-4-2-1-3-12(13)14(20)8-19-7-10-5-6-11(21-10)9-22-15(17)18/h1-6,14-15,19-20H,7-9H2. The van der Waals surface area contributed by atoms with E-state index in [4.69, 9.17) is 4.42 Å². The molecule has 0 aliphatic carbocycles. The molecule has 0 saturated carbocycles. The summed E-state index contributed by atoms with van der Waals surface area (Å²) in [5.74, 6) is -1.73. The summed E-state index contributed by atoms with van der Waals surface area (Å²) in [6, 6.07) is 9.34. The van der Waals surface area contributed by atoms with Crippen LogP contribution in [0.5, 0.6) is 0 Å². The summed E-state index contributed by atoms with van der Waals surface area (Å²) in [7, 11) is 0. The van der Waals surface area contributed by atoms with Gasteiger partial charge in [-0.05, 0) is 18.2 Å². The molecule has 0 amide bonds. The van der Waals surface area contributed by atoms with Gasteiger partial charge < -0.3 is 14.8 Å². The molecule has 1 unspecified atom stereocenters. The lowest BCUT2D eigenvalue weighted by molar-refractivity contribution is 0.168. The molecule has 22 heavy (non-hydrogen) atoms. The highest BCUT2D eigenvalue weighted by Gasteiger charge is 2.12. The highest BCUT2D eigenvalue weighted by atomic mass is 32.2. The molecule has 0 aliphatic rings. The van der Waals surface area contributed by atoms with E-state index < -0.39 is 17.7 Å². The number of aliphatic hydroxyl groups is 1. The summed E-state index contributed by atoms with van der Waals surface area (Å²) in [6.45, 7) is 0.480. The van der Waals surface area contributed by atoms with Crippen LogP contribution in [0.15, 0.2) is 40.8 Å². The number of furan rings is 1. The number of nitrogens with one attached hydrogen (secondary N) is 1. The molecule has 2 rings (SSSR count). The van der Waals surface area contributed by atoms with Crippen molar-refractivity contribution in [1.29, 1.82) is 0 Å². The minimum absolute atomic E-state index is 0.107. The normalized spacial score (nSPS) is 12.8. The maximum atomic E-state index is 13.5. The summed E-state index contributed by atoms with van der Waals surface area (Å²) in [5, 5.41) is 12.9. The van der Waals surface area contributed by atoms with Gasteiger partial charge >= 0.3 is 0 Å². The number of rotatable bonds is 8. The summed E-state index contributed by atoms with van der Waals surface area (Å²) in [6.07, 6.45) is -0.968. The highest BCUT2D eigenvalue weighted by molar-refractivity contribution is 7.98. The van der Waals surface area contributed by atoms with Crippen molar-refractivity contribution in [2.24, 2.45) is 0 Å². The topological polar surface area (TPSA) is 45.4 Å². The first-order valence-corrected chi connectivity index (χ1v) is 7.71. The van der Waals surface area contributed by atoms with Crippen molar-refractivity contribution in [3.05, 3.63) is 59.3 Å². The Labute approximate surface area is 130 Å². The Morgan fingerprint density at radius 1 is 1.14 bits per heavy atom. The van der Waals surface area contributed by atoms with Crippen LogP contribution >= 0.6 is 11.8 Å². The molecule has 0 spiro atoms. The second-order valence-corrected chi connectivity index (χ2v) is 5.59. The van der Waals surface area contributed by atoms with Gasteiger partial charge in [-0.1, -0.05) is 30.0 Å². The van der Waals surface area contributed by atoms with E-state index >= 15 is 0 Å². The van der Waals surface area contributed by atoms with Gasteiger partial charge in [0.25, 0.3) is 5.76 Å². The van der Waals surface area contributed by atoms with Gasteiger partial charge in [0.1, 0.15) is 17.3 Å². The van der Waals surface area contributed by atoms with Crippen molar-refractivity contribution in [3.63, 3.8) is 0 Å². The zero-order valence-corrected chi connectivity index (χ0v) is 12.5. The van der Waals surface area contributed by atoms with E-state index in [1.54, 1.807) is 24.3 Å². The molecular weight excluding hydrogens is 315 g/mol. The quantitative estimate of drug-likeness (QED) is 0.774. The van der Waals surface area contributed by atoms with Crippen LogP contribution in [0.2, 0.25) is 0 Å². The molecule has 2 N–H and O–H groups in total. The lowest BCUT2D eigenvalue weighted by atomic mass is 10.1. The first-order chi connectivity index (χ1) is 10.6. The maximum absolute atomic E-state index is 13.5. The van der Waals surface area contributed by atoms with Crippen molar-refractivity contribution >= 4 is 11.8 Å². The molecule has 1 aromatic heterocycles. The van der Waals surface area contributed by atoms with E-state index in [1.165, 1.54) is 12.1 Å². The molecule has 2 aromatic rings. The SMILES string of the molecule is OC(CNCc1ccc(CSC(F)F)o1)c1ccccc1F. The highest BCUT2D eigenvalue weighted by Crippen LogP contribution is 2.21. The van der Waals surface area contributed by atoms with E-state index in [0.29, 0.717) is 29.8 Å². The number of aliphatic hydroxyl groups excluding tert-OH is 1. The van der Waals surface area contributed by atoms with Crippen LogP contribution in [-0.2, 0) is 12.3 Å². The Bertz CT molecular complexity index is 592. The predicted molar refractivity (Wildman–Crippen MR) is 79.1 cm³/mol. The molecular formula is C15H16F3NO2S. The average molecular weight is 331 g/mol. The number of hydrogen-bond acceptors (Lipinski definition) is 4. The first-order valence-electron chi connectivity index (χ1n) is 6.67. The zero-order chi connectivity index (χ0) is 15.9. The Hall–Kier alpha value is -1.44. The van der Waals surface area contributed by atoms with Gasteiger partial charge in [-0.3, -0.25) is 0 Å². The van der Waals surface area contributed by atoms with E-state index in [2.05, 4.69) is 5.32 Å². The lowest BCUT2D eigenvalue weighted by Crippen LogP contribution is -2.21. The molecule has 0 fully saturated rings. The Morgan fingerprint density at radius 3 is 2.59 bits per heavy atom. The number of alkyl halides is 2. The molecule has 7 heteroatoms. The van der Waals surface area contributed by atoms with Crippen LogP contribution in [0, 0.1) is 5.82 Å². The third-order valence-electron chi connectivity index (χ3n) is 2.97. The lowest BCUT2D eigenvalue weighted by Gasteiger charge is -2.12. The minimum atomic E-state index is -2.43. The fourth-order valence-electron chi connectivity index (χ4n) is 1.93. The average Bonchev–Trinajstić information content (AvgIpc) is 2.93. The van der Waals surface area contributed by atoms with Crippen LogP contribution in [-0.4, -0.2) is 17.4 Å². The minimum Gasteiger partial charge on any atom is -0.464 e. The van der Waals surface area contributed by atoms with E-state index in [1.807, 2.05) is 0 Å². The largest absolute Gasteiger partial charge is 0.464 e. The third-order valence-corrected chi connectivity index (χ3v) is 3.67. The van der Waals surface area contributed by atoms with Crippen LogP contribution in [0.1, 0.15) is 23.2 Å². The van der Waals surface area contributed by atoms with E-state index in [-0.39, 0.29) is 17.9 Å². The van der Waals surface area contributed by atoms with E-state index in [9.17, 15) is 18.3 Å². The second kappa shape index (κ2) is 8.26. The Balaban J connectivity index is 1.78. The van der Waals surface area contributed by atoms with Crippen molar-refractivity contribution < 1.29 is 22.7 Å². The van der Waals surface area contributed by atoms with Crippen LogP contribution in [0.25, 0.3) is 0 Å². The van der Waals surface area contributed by atoms with Gasteiger partial charge in [-0.15, -0.1) is 0 Å². The van der Waals surface area contributed by atoms with E-state index in [0.717, 1.165) is 0 Å². The van der Waals surface area contributed by atoms with Crippen LogP contribution in [0.3, 0.4) is 0 Å². The molecule has 0 radical (unpaired) electrons. The van der Waals surface area contributed by atoms with Crippen molar-refractivity contribution in [2.45, 2.75) is 24.2 Å². The maximum Gasteiger partial charge on any atom is 0.284 e. The number of hydrogen-bond donors (Lipinski definition) is 2. The van der Waals surface area contributed by atoms with Gasteiger partial charge in [-0.2, -0.15) is 8.78 Å². The van der Waals surface area contributed by atoms with Gasteiger partial charge in [-0.25, -0.2) is 4.39 Å². The fraction of sp³-hybridized carbons (Fsp3) is 0.333. The third kappa shape index (κ3) is 5.08. The van der Waals surface area contributed by atoms with Crippen LogP contribution in [0.4, 0.5) is 13.2 Å². The monoisotopic (exact) mass is 331 g/mol. The van der Waals surface area contributed by atoms with Gasteiger partial charge in [0.2, 0.25) is 0 Å². The smallest absolute Gasteiger partial charge is 0.284 e. The number of thioether (sulfide) groups is 1. The van der Waals surface area contributed by atoms with Crippen LogP contribution < -0.4 is 5.32 Å². The molecule has 1 aromatic carbocycles. The Kier molecular flexibility index (Phi) is 6.35. The number of halogens is 3. The van der Waals surface area contributed by atoms with Crippen molar-refractivity contribution in [1.82, 2.24) is 5.32 Å². The summed E-state index contributed by atoms with van der Waals surface area (Å²) in [5.41, 5.74) is 0.225. The second-order valence-electron chi connectivity index (χ2n) is 4.61. The molecule has 1 heterocycles. The molecule has 3 nitrogen and oxygen atoms in total. The van der Waals surface area contributed by atoms with Gasteiger partial charge in [0, 0.05) is 12.1 Å². The van der Waals surface area contributed by atoms with Gasteiger partial charge in [0.05, 0.1) is 18.4 Å². The fourth-order valence-corrected chi connectivity index (χ4v) is 2.37. The van der Waals surface area contributed by atoms with Gasteiger partial charge in [0.15, 0.2) is 0 Å². The number of benzene rings is 1. The Morgan fingerprint density at radius 2 is 1.86 bits per heavy atom. The molecule has 0 aliphatic heterocycles. The molecule has 0 saturated heterocycles. The summed E-state index contributed by atoms with van der Waals surface area (Å²) >= 11 is 0.496. The molecule has 1 atom stereocenters. The molecule has 0 bridgehead atoms. The summed E-state index contributed by atoms with van der Waals surface area (Å²) in [4.78, 5) is 0.